The molecule has 268 valence electrons. The first-order valence-electron chi connectivity index (χ1n) is 19.4. The van der Waals surface area contributed by atoms with E-state index in [2.05, 4.69) is 182 Å². The molecule has 0 unspecified atom stereocenters. The van der Waals surface area contributed by atoms with Crippen LogP contribution in [0.15, 0.2) is 164 Å². The van der Waals surface area contributed by atoms with E-state index in [9.17, 15) is 0 Å². The summed E-state index contributed by atoms with van der Waals surface area (Å²) in [5.74, 6) is 0.836. The topological polar surface area (TPSA) is 30.7 Å². The van der Waals surface area contributed by atoms with Crippen LogP contribution in [0.5, 0.6) is 0 Å². The van der Waals surface area contributed by atoms with Gasteiger partial charge in [0.05, 0.1) is 27.1 Å². The lowest BCUT2D eigenvalue weighted by atomic mass is 9.98. The fourth-order valence-electron chi connectivity index (χ4n) is 8.49. The second kappa shape index (κ2) is 13.6. The molecule has 0 saturated heterocycles. The predicted octanol–water partition coefficient (Wildman–Crippen LogP) is 14.9. The molecule has 0 N–H and O–H groups in total. The van der Waals surface area contributed by atoms with Crippen molar-refractivity contribution in [3.8, 4) is 39.5 Å². The van der Waals surface area contributed by atoms with E-state index in [1.165, 1.54) is 74.7 Å². The molecule has 3 aromatic heterocycles. The van der Waals surface area contributed by atoms with Crippen LogP contribution in [-0.4, -0.2) is 14.5 Å². The average molecular weight is 738 g/mol. The molecule has 11 rings (SSSR count). The summed E-state index contributed by atoms with van der Waals surface area (Å²) in [5.41, 5.74) is 10.6. The first-order chi connectivity index (χ1) is 27.6. The summed E-state index contributed by atoms with van der Waals surface area (Å²) >= 11 is 1.88. The van der Waals surface area contributed by atoms with Crippen LogP contribution in [0.3, 0.4) is 0 Å². The number of para-hydroxylation sites is 1. The molecule has 0 aliphatic carbocycles. The highest BCUT2D eigenvalue weighted by molar-refractivity contribution is 7.27. The van der Waals surface area contributed by atoms with Gasteiger partial charge in [0.2, 0.25) is 0 Å². The lowest BCUT2D eigenvalue weighted by molar-refractivity contribution is 1.02. The Morgan fingerprint density at radius 2 is 1.07 bits per heavy atom. The summed E-state index contributed by atoms with van der Waals surface area (Å²) in [6.07, 6.45) is 0. The van der Waals surface area contributed by atoms with Crippen molar-refractivity contribution < 1.29 is 0 Å². The quantitative estimate of drug-likeness (QED) is 0.180. The molecule has 0 amide bonds. The van der Waals surface area contributed by atoms with Gasteiger partial charge in [-0.3, -0.25) is 4.57 Å². The maximum atomic E-state index is 5.59. The van der Waals surface area contributed by atoms with E-state index in [0.29, 0.717) is 0 Å². The number of fused-ring (bicyclic) bond motifs is 11. The highest BCUT2D eigenvalue weighted by atomic mass is 32.1. The Balaban J connectivity index is 0.00000189. The van der Waals surface area contributed by atoms with Crippen molar-refractivity contribution in [3.05, 3.63) is 175 Å². The number of thiophene rings is 1. The maximum absolute atomic E-state index is 5.59. The molecule has 0 bridgehead atoms. The van der Waals surface area contributed by atoms with Gasteiger partial charge in [-0.2, -0.15) is 0 Å². The largest absolute Gasteiger partial charge is 0.290 e. The molecule has 0 aliphatic heterocycles. The number of aromatic nitrogens is 3. The molecule has 8 aromatic carbocycles. The van der Waals surface area contributed by atoms with E-state index in [1.807, 2.05) is 25.2 Å². The number of aryl methyl sites for hydroxylation is 2. The van der Waals surface area contributed by atoms with Gasteiger partial charge in [-0.15, -0.1) is 11.3 Å². The van der Waals surface area contributed by atoms with E-state index in [0.717, 1.165) is 39.5 Å². The van der Waals surface area contributed by atoms with Crippen LogP contribution in [-0.2, 0) is 0 Å². The smallest absolute Gasteiger partial charge is 0.164 e. The third-order valence-corrected chi connectivity index (χ3v) is 12.2. The van der Waals surface area contributed by atoms with Crippen molar-refractivity contribution in [3.63, 3.8) is 0 Å². The monoisotopic (exact) mass is 737 g/mol. The molecule has 0 atom stereocenters. The molecule has 0 spiro atoms. The third kappa shape index (κ3) is 5.25. The van der Waals surface area contributed by atoms with Gasteiger partial charge in [-0.1, -0.05) is 159 Å². The maximum Gasteiger partial charge on any atom is 0.164 e. The summed E-state index contributed by atoms with van der Waals surface area (Å²) in [6.45, 7) is 8.25. The van der Waals surface area contributed by atoms with Gasteiger partial charge < -0.3 is 0 Å². The Kier molecular flexibility index (Phi) is 8.23. The lowest BCUT2D eigenvalue weighted by Crippen LogP contribution is -2.07. The Morgan fingerprint density at radius 3 is 1.82 bits per heavy atom. The highest BCUT2D eigenvalue weighted by Gasteiger charge is 2.25. The third-order valence-electron chi connectivity index (χ3n) is 11.0. The minimum Gasteiger partial charge on any atom is -0.290 e. The van der Waals surface area contributed by atoms with Gasteiger partial charge in [-0.05, 0) is 70.3 Å². The lowest BCUT2D eigenvalue weighted by Gasteiger charge is -2.17. The Hall–Kier alpha value is -6.62. The van der Waals surface area contributed by atoms with Crippen molar-refractivity contribution >= 4 is 74.9 Å². The van der Waals surface area contributed by atoms with Gasteiger partial charge >= 0.3 is 0 Å². The predicted molar refractivity (Wildman–Crippen MR) is 241 cm³/mol. The minimum absolute atomic E-state index is 0.836. The normalized spacial score (nSPS) is 11.6. The summed E-state index contributed by atoms with van der Waals surface area (Å²) < 4.78 is 4.96. The molecule has 0 saturated carbocycles. The fraction of sp³-hybridized carbons (Fsp3) is 0.0769. The van der Waals surface area contributed by atoms with Gasteiger partial charge in [-0.25, -0.2) is 9.97 Å². The van der Waals surface area contributed by atoms with Gasteiger partial charge in [0.1, 0.15) is 5.69 Å². The number of hydrogen-bond acceptors (Lipinski definition) is 3. The van der Waals surface area contributed by atoms with Crippen LogP contribution in [0.2, 0.25) is 0 Å². The highest BCUT2D eigenvalue weighted by Crippen LogP contribution is 2.49. The van der Waals surface area contributed by atoms with Gasteiger partial charge in [0.15, 0.2) is 5.82 Å². The zero-order chi connectivity index (χ0) is 37.9. The van der Waals surface area contributed by atoms with Crippen molar-refractivity contribution in [2.75, 3.05) is 0 Å². The molecule has 4 heteroatoms. The first kappa shape index (κ1) is 33.9. The number of nitrogens with zero attached hydrogens (tertiary/aromatic N) is 3. The second-order valence-corrected chi connectivity index (χ2v) is 15.3. The van der Waals surface area contributed by atoms with Crippen LogP contribution >= 0.6 is 11.3 Å². The Morgan fingerprint density at radius 1 is 0.482 bits per heavy atom. The van der Waals surface area contributed by atoms with E-state index < -0.39 is 0 Å². The standard InChI is InChI=1S/C50H33N3S.C2H6/c1-30-14-6-9-19-37(30)46-31(2)51-50(47(52-46)34-26-24-33(25-27-34)32-15-4-3-5-16-32)53-42-23-13-12-22-40(42)44-38-20-10-11-21-39(38)45-41-28-35-17-7-8-18-36(35)29-43(41)54-49(45)48(44)53;1-2/h3-29H,1-2H3;1-2H3. The van der Waals surface area contributed by atoms with Gasteiger partial charge in [0, 0.05) is 37.4 Å². The van der Waals surface area contributed by atoms with E-state index in [-0.39, 0.29) is 0 Å². The van der Waals surface area contributed by atoms with Crippen LogP contribution in [0.25, 0.3) is 103 Å². The number of benzene rings is 8. The second-order valence-electron chi connectivity index (χ2n) is 14.2. The number of rotatable bonds is 4. The summed E-state index contributed by atoms with van der Waals surface area (Å²) in [7, 11) is 0. The molecular formula is C52H39N3S. The van der Waals surface area contributed by atoms with Crippen molar-refractivity contribution in [2.45, 2.75) is 27.7 Å². The molecule has 0 radical (unpaired) electrons. The molecular weight excluding hydrogens is 699 g/mol. The zero-order valence-electron chi connectivity index (χ0n) is 31.8. The first-order valence-corrected chi connectivity index (χ1v) is 20.2. The zero-order valence-corrected chi connectivity index (χ0v) is 32.7. The average Bonchev–Trinajstić information content (AvgIpc) is 3.80. The van der Waals surface area contributed by atoms with Crippen LogP contribution in [0.4, 0.5) is 0 Å². The molecule has 0 aliphatic rings. The van der Waals surface area contributed by atoms with Crippen molar-refractivity contribution in [1.29, 1.82) is 0 Å². The molecule has 3 nitrogen and oxygen atoms in total. The van der Waals surface area contributed by atoms with Crippen molar-refractivity contribution in [2.24, 2.45) is 0 Å². The summed E-state index contributed by atoms with van der Waals surface area (Å²) in [4.78, 5) is 11.2. The minimum atomic E-state index is 0.836. The molecule has 11 aromatic rings. The Labute approximate surface area is 330 Å². The van der Waals surface area contributed by atoms with Crippen LogP contribution < -0.4 is 0 Å². The van der Waals surface area contributed by atoms with Crippen LogP contribution in [0.1, 0.15) is 25.1 Å². The SMILES string of the molecule is CC.Cc1ccccc1-c1nc(-c2ccc(-c3ccccc3)cc2)c(-n2c3ccccc3c3c4ccccc4c4c5cc6ccccc6cc5sc4c32)nc1C. The summed E-state index contributed by atoms with van der Waals surface area (Å²) in [6, 6.07) is 59.0. The van der Waals surface area contributed by atoms with Crippen molar-refractivity contribution in [1.82, 2.24) is 14.5 Å². The Bertz CT molecular complexity index is 3280. The fourth-order valence-corrected chi connectivity index (χ4v) is 9.77. The van der Waals surface area contributed by atoms with E-state index >= 15 is 0 Å². The van der Waals surface area contributed by atoms with E-state index in [4.69, 9.17) is 9.97 Å². The summed E-state index contributed by atoms with van der Waals surface area (Å²) in [5, 5.41) is 10.1. The van der Waals surface area contributed by atoms with Crippen LogP contribution in [0, 0.1) is 13.8 Å². The molecule has 3 heterocycles. The molecule has 56 heavy (non-hydrogen) atoms. The molecule has 0 fully saturated rings. The van der Waals surface area contributed by atoms with Gasteiger partial charge in [0.25, 0.3) is 0 Å². The van der Waals surface area contributed by atoms with E-state index in [1.54, 1.807) is 0 Å². The number of hydrogen-bond donors (Lipinski definition) is 0.